The minimum Gasteiger partial charge on any atom is -0.349 e. The highest BCUT2D eigenvalue weighted by atomic mass is 16.6. The number of aromatic amines is 2. The summed E-state index contributed by atoms with van der Waals surface area (Å²) in [6, 6.07) is 9.46. The second-order valence-corrected chi connectivity index (χ2v) is 12.3. The highest BCUT2D eigenvalue weighted by molar-refractivity contribution is 6.04. The lowest BCUT2D eigenvalue weighted by Crippen LogP contribution is -2.00. The van der Waals surface area contributed by atoms with E-state index in [0.29, 0.717) is 62.9 Å². The number of nitro groups is 3. The number of hydrogen-bond donors (Lipinski definition) is 2. The summed E-state index contributed by atoms with van der Waals surface area (Å²) in [5.74, 6) is 0. The van der Waals surface area contributed by atoms with Crippen molar-refractivity contribution >= 4 is 61.4 Å². The third-order valence-electron chi connectivity index (χ3n) is 9.95. The second kappa shape index (κ2) is 11.9. The summed E-state index contributed by atoms with van der Waals surface area (Å²) < 4.78 is 0. The first kappa shape index (κ1) is 32.9. The Morgan fingerprint density at radius 2 is 0.918 bits per heavy atom. The molecule has 2 aliphatic rings. The molecule has 4 aromatic rings. The van der Waals surface area contributed by atoms with Crippen LogP contribution in [-0.4, -0.2) is 34.7 Å². The van der Waals surface area contributed by atoms with Crippen LogP contribution in [-0.2, 0) is 0 Å². The number of aromatic nitrogens is 4. The summed E-state index contributed by atoms with van der Waals surface area (Å²) in [7, 11) is 0. The number of H-pyrrole nitrogens is 2. The van der Waals surface area contributed by atoms with Gasteiger partial charge in [0.15, 0.2) is 0 Å². The molecule has 13 heteroatoms. The number of rotatable bonds is 6. The van der Waals surface area contributed by atoms with Gasteiger partial charge in [0.05, 0.1) is 25.8 Å². The number of benzene rings is 1. The van der Waals surface area contributed by atoms with Crippen LogP contribution < -0.4 is 0 Å². The first-order valence-electron chi connectivity index (χ1n) is 15.9. The summed E-state index contributed by atoms with van der Waals surface area (Å²) in [5, 5.41) is 39.0. The fourth-order valence-corrected chi connectivity index (χ4v) is 7.13. The normalized spacial score (nSPS) is 13.0. The fourth-order valence-electron chi connectivity index (χ4n) is 7.13. The van der Waals surface area contributed by atoms with Crippen molar-refractivity contribution in [1.29, 1.82) is 0 Å². The summed E-state index contributed by atoms with van der Waals surface area (Å²) in [6.07, 6.45) is 0.584. The Bertz CT molecular complexity index is 2260. The van der Waals surface area contributed by atoms with E-state index in [0.717, 1.165) is 16.7 Å². The number of nitrogens with zero attached hydrogens (tertiary/aromatic N) is 5. The number of nitrogens with one attached hydrogen (secondary N) is 2. The van der Waals surface area contributed by atoms with Crippen LogP contribution in [0.15, 0.2) is 30.3 Å². The van der Waals surface area contributed by atoms with Gasteiger partial charge in [-0.1, -0.05) is 44.2 Å². The predicted molar refractivity (Wildman–Crippen MR) is 191 cm³/mol. The molecule has 0 radical (unpaired) electrons. The van der Waals surface area contributed by atoms with Crippen molar-refractivity contribution in [1.82, 2.24) is 19.9 Å². The highest BCUT2D eigenvalue weighted by Gasteiger charge is 2.37. The Kier molecular flexibility index (Phi) is 8.01. The zero-order valence-corrected chi connectivity index (χ0v) is 28.5. The van der Waals surface area contributed by atoms with Gasteiger partial charge >= 0.3 is 17.1 Å². The minimum atomic E-state index is -0.596. The molecule has 8 bridgehead atoms. The van der Waals surface area contributed by atoms with Crippen LogP contribution in [0, 0.1) is 58.0 Å². The molecule has 0 saturated heterocycles. The Balaban J connectivity index is 2.06. The smallest absolute Gasteiger partial charge is 0.320 e. The number of allylic oxidation sites excluding steroid dienone is 4. The van der Waals surface area contributed by atoms with Crippen molar-refractivity contribution in [2.24, 2.45) is 0 Å². The van der Waals surface area contributed by atoms with E-state index in [9.17, 15) is 30.3 Å². The van der Waals surface area contributed by atoms with Crippen molar-refractivity contribution in [3.05, 3.63) is 106 Å². The highest BCUT2D eigenvalue weighted by Crippen LogP contribution is 2.47. The van der Waals surface area contributed by atoms with Gasteiger partial charge in [-0.25, -0.2) is 9.97 Å². The molecule has 0 fully saturated rings. The quantitative estimate of drug-likeness (QED) is 0.151. The van der Waals surface area contributed by atoms with Crippen molar-refractivity contribution in [2.75, 3.05) is 0 Å². The van der Waals surface area contributed by atoms with E-state index in [1.165, 1.54) is 0 Å². The lowest BCUT2D eigenvalue weighted by molar-refractivity contribution is -0.386. The maximum absolute atomic E-state index is 13.0. The molecular weight excluding hydrogens is 626 g/mol. The lowest BCUT2D eigenvalue weighted by atomic mass is 9.98. The van der Waals surface area contributed by atoms with Gasteiger partial charge in [0.2, 0.25) is 0 Å². The molecule has 1 aromatic carbocycles. The number of aryl methyl sites for hydroxylation is 4. The Morgan fingerprint density at radius 1 is 0.551 bits per heavy atom. The topological polar surface area (TPSA) is 187 Å². The van der Waals surface area contributed by atoms with Gasteiger partial charge in [0.25, 0.3) is 0 Å². The summed E-state index contributed by atoms with van der Waals surface area (Å²) >= 11 is 0. The monoisotopic (exact) mass is 661 g/mol. The van der Waals surface area contributed by atoms with Crippen molar-refractivity contribution in [3.8, 4) is 11.1 Å². The van der Waals surface area contributed by atoms with E-state index in [1.807, 2.05) is 44.2 Å². The number of hydrogen-bond acceptors (Lipinski definition) is 8. The van der Waals surface area contributed by atoms with Crippen LogP contribution >= 0.6 is 0 Å². The van der Waals surface area contributed by atoms with Crippen LogP contribution in [0.4, 0.5) is 17.1 Å². The molecule has 3 aromatic heterocycles. The SMILES string of the molecule is CCC1=C(C)c2nc1c([N+](=O)[O-])c1nc(c([N+](=O)[O-])c3[nH]c(c(C)c3C)c(-c3ccccc3)c3[nH]c(c(C)c3C)c2[N+](=O)[O-])C(C)=C1CC. The van der Waals surface area contributed by atoms with Crippen LogP contribution in [0.25, 0.3) is 55.5 Å². The molecule has 2 N–H and O–H groups in total. The summed E-state index contributed by atoms with van der Waals surface area (Å²) in [6.45, 7) is 14.2. The summed E-state index contributed by atoms with van der Waals surface area (Å²) in [5.41, 5.74) is 6.38. The van der Waals surface area contributed by atoms with Gasteiger partial charge in [-0.05, 0) is 104 Å². The molecule has 6 rings (SSSR count). The lowest BCUT2D eigenvalue weighted by Gasteiger charge is -2.05. The van der Waals surface area contributed by atoms with Gasteiger partial charge in [0.1, 0.15) is 33.8 Å². The predicted octanol–water partition coefficient (Wildman–Crippen LogP) is 9.62. The van der Waals surface area contributed by atoms with Gasteiger partial charge in [-0.15, -0.1) is 0 Å². The summed E-state index contributed by atoms with van der Waals surface area (Å²) in [4.78, 5) is 53.4. The first-order chi connectivity index (χ1) is 23.2. The van der Waals surface area contributed by atoms with Gasteiger partial charge < -0.3 is 9.97 Å². The van der Waals surface area contributed by atoms with Gasteiger partial charge in [-0.2, -0.15) is 0 Å². The molecule has 0 aliphatic carbocycles. The van der Waals surface area contributed by atoms with E-state index in [2.05, 4.69) is 19.9 Å². The van der Waals surface area contributed by atoms with Crippen LogP contribution in [0.3, 0.4) is 0 Å². The molecule has 250 valence electrons. The second-order valence-electron chi connectivity index (χ2n) is 12.3. The average molecular weight is 662 g/mol. The van der Waals surface area contributed by atoms with Gasteiger partial charge in [0, 0.05) is 5.56 Å². The van der Waals surface area contributed by atoms with E-state index in [-0.39, 0.29) is 45.2 Å². The van der Waals surface area contributed by atoms with Crippen molar-refractivity contribution < 1.29 is 14.8 Å². The molecule has 0 unspecified atom stereocenters. The molecule has 0 atom stereocenters. The Labute approximate surface area is 280 Å². The Morgan fingerprint density at radius 3 is 1.27 bits per heavy atom. The molecule has 0 saturated carbocycles. The standard InChI is InChI=1S/C36H35N7O6/c1-9-23-20(7)30-34(41(44)45)28-18(5)16(3)26(37-28)25(22-14-12-11-13-15-22)27-17(4)19(6)29(38-27)35(42(46)47)31-21(8)24(10-2)33(40-31)36(43(48)49)32(23)39-30/h11-15,37-38H,9-10H2,1-8H3. The van der Waals surface area contributed by atoms with E-state index in [1.54, 1.807) is 41.5 Å². The van der Waals surface area contributed by atoms with Crippen molar-refractivity contribution in [2.45, 2.75) is 68.2 Å². The molecule has 0 amide bonds. The molecular formula is C36H35N7O6. The maximum Gasteiger partial charge on any atom is 0.320 e. The third-order valence-corrected chi connectivity index (χ3v) is 9.95. The zero-order chi connectivity index (χ0) is 35.6. The van der Waals surface area contributed by atoms with E-state index >= 15 is 0 Å². The average Bonchev–Trinajstić information content (AvgIpc) is 3.73. The van der Waals surface area contributed by atoms with E-state index in [4.69, 9.17) is 0 Å². The van der Waals surface area contributed by atoms with Gasteiger partial charge in [-0.3, -0.25) is 30.3 Å². The third kappa shape index (κ3) is 4.83. The minimum absolute atomic E-state index is 0.00809. The molecule has 2 aliphatic heterocycles. The van der Waals surface area contributed by atoms with Crippen LogP contribution in [0.2, 0.25) is 0 Å². The Hall–Kier alpha value is -5.98. The first-order valence-corrected chi connectivity index (χ1v) is 15.9. The van der Waals surface area contributed by atoms with Crippen LogP contribution in [0.1, 0.15) is 85.6 Å². The van der Waals surface area contributed by atoms with Crippen molar-refractivity contribution in [3.63, 3.8) is 0 Å². The molecule has 5 heterocycles. The zero-order valence-electron chi connectivity index (χ0n) is 28.5. The van der Waals surface area contributed by atoms with Crippen LogP contribution in [0.5, 0.6) is 0 Å². The fraction of sp³-hybridized carbons (Fsp3) is 0.278. The molecule has 49 heavy (non-hydrogen) atoms. The molecule has 0 spiro atoms. The molecule has 13 nitrogen and oxygen atoms in total. The largest absolute Gasteiger partial charge is 0.349 e. The van der Waals surface area contributed by atoms with E-state index < -0.39 is 20.5 Å². The number of fused-ring (bicyclic) bond motifs is 8. The maximum atomic E-state index is 13.0.